The van der Waals surface area contributed by atoms with Crippen molar-refractivity contribution >= 4 is 38.8 Å². The maximum absolute atomic E-state index is 11.2. The molecule has 4 heteroatoms. The van der Waals surface area contributed by atoms with Gasteiger partial charge in [0.1, 0.15) is 0 Å². The van der Waals surface area contributed by atoms with E-state index in [4.69, 9.17) is 0 Å². The first-order valence-electron chi connectivity index (χ1n) is 5.29. The quantitative estimate of drug-likeness (QED) is 0.837. The third kappa shape index (κ3) is 2.36. The van der Waals surface area contributed by atoms with Gasteiger partial charge in [-0.05, 0) is 0 Å². The summed E-state index contributed by atoms with van der Waals surface area (Å²) in [6, 6.07) is 8.23. The molecule has 0 aliphatic heterocycles. The Hall–Kier alpha value is -0.272. The van der Waals surface area contributed by atoms with E-state index in [0.29, 0.717) is 5.92 Å². The van der Waals surface area contributed by atoms with Crippen LogP contribution in [0.15, 0.2) is 28.7 Å². The third-order valence-electron chi connectivity index (χ3n) is 3.32. The summed E-state index contributed by atoms with van der Waals surface area (Å²) in [6.07, 6.45) is 2.58. The van der Waals surface area contributed by atoms with Crippen LogP contribution in [-0.4, -0.2) is 27.9 Å². The number of hydrogen-bond donors (Lipinski definition) is 1. The van der Waals surface area contributed by atoms with E-state index in [2.05, 4.69) is 28.1 Å². The molecule has 0 aromatic heterocycles. The summed E-state index contributed by atoms with van der Waals surface area (Å²) in [5, 5.41) is 9.19. The molecule has 1 fully saturated rings. The van der Waals surface area contributed by atoms with Crippen LogP contribution >= 0.6 is 15.9 Å². The molecule has 1 aliphatic rings. The normalized spacial score (nSPS) is 29.2. The minimum atomic E-state index is -0.632. The number of carbonyl (C=O) groups is 1. The van der Waals surface area contributed by atoms with Crippen molar-refractivity contribution in [1.29, 1.82) is 0 Å². The van der Waals surface area contributed by atoms with Gasteiger partial charge in [-0.25, -0.2) is 0 Å². The molecule has 0 amide bonds. The Labute approximate surface area is 112 Å². The molecule has 0 saturated heterocycles. The zero-order valence-corrected chi connectivity index (χ0v) is 12.8. The predicted molar refractivity (Wildman–Crippen MR) is 69.6 cm³/mol. The van der Waals surface area contributed by atoms with Crippen LogP contribution in [0.1, 0.15) is 30.7 Å². The Balaban J connectivity index is 2.15. The molecule has 0 bridgehead atoms. The summed E-state index contributed by atoms with van der Waals surface area (Å²) in [5.41, 5.74) is 1.27. The molecule has 0 spiro atoms. The van der Waals surface area contributed by atoms with Gasteiger partial charge in [0.05, 0.1) is 0 Å². The standard InChI is InChI=1S/C12H14AsBrO2/c13-12(11(15)16)6-5-9(7-12)8-1-3-10(14)4-2-8/h1-4,9H,5-7,13H2,(H,15,16). The van der Waals surface area contributed by atoms with E-state index in [9.17, 15) is 9.90 Å². The van der Waals surface area contributed by atoms with Crippen molar-refractivity contribution in [1.82, 2.24) is 0 Å². The van der Waals surface area contributed by atoms with Crippen LogP contribution < -0.4 is 0 Å². The number of carboxylic acids is 1. The van der Waals surface area contributed by atoms with Gasteiger partial charge >= 0.3 is 112 Å². The molecular formula is C12H14AsBrO2. The molecule has 2 rings (SSSR count). The van der Waals surface area contributed by atoms with Crippen LogP contribution in [0.4, 0.5) is 0 Å². The Kier molecular flexibility index (Phi) is 3.46. The van der Waals surface area contributed by atoms with E-state index in [1.807, 2.05) is 12.1 Å². The fourth-order valence-corrected chi connectivity index (χ4v) is 3.50. The van der Waals surface area contributed by atoms with Gasteiger partial charge in [-0.2, -0.15) is 0 Å². The predicted octanol–water partition coefficient (Wildman–Crippen LogP) is 2.59. The van der Waals surface area contributed by atoms with Crippen molar-refractivity contribution in [3.63, 3.8) is 0 Å². The van der Waals surface area contributed by atoms with E-state index < -0.39 is 10.2 Å². The molecular weight excluding hydrogens is 331 g/mol. The molecule has 0 heterocycles. The van der Waals surface area contributed by atoms with Crippen molar-refractivity contribution in [3.05, 3.63) is 34.3 Å². The molecule has 86 valence electrons. The molecule has 2 nitrogen and oxygen atoms in total. The van der Waals surface area contributed by atoms with Gasteiger partial charge in [0, 0.05) is 0 Å². The fourth-order valence-electron chi connectivity index (χ4n) is 2.29. The first-order valence-corrected chi connectivity index (χ1v) is 7.29. The van der Waals surface area contributed by atoms with Crippen LogP contribution in [0.2, 0.25) is 4.20 Å². The molecule has 1 aliphatic carbocycles. The van der Waals surface area contributed by atoms with E-state index in [1.54, 1.807) is 0 Å². The van der Waals surface area contributed by atoms with E-state index in [0.717, 1.165) is 23.7 Å². The molecule has 1 saturated carbocycles. The van der Waals surface area contributed by atoms with Crippen LogP contribution in [-0.2, 0) is 4.79 Å². The summed E-state index contributed by atoms with van der Waals surface area (Å²) in [7, 11) is 0. The van der Waals surface area contributed by atoms with Crippen molar-refractivity contribution < 1.29 is 9.90 Å². The second-order valence-electron chi connectivity index (χ2n) is 4.45. The third-order valence-corrected chi connectivity index (χ3v) is 5.46. The van der Waals surface area contributed by atoms with Crippen LogP contribution in [0.25, 0.3) is 0 Å². The Morgan fingerprint density at radius 1 is 1.44 bits per heavy atom. The number of benzene rings is 1. The van der Waals surface area contributed by atoms with Gasteiger partial charge in [-0.3, -0.25) is 0 Å². The maximum atomic E-state index is 11.2. The Morgan fingerprint density at radius 3 is 2.56 bits per heavy atom. The van der Waals surface area contributed by atoms with Crippen molar-refractivity contribution in [2.24, 2.45) is 0 Å². The SMILES string of the molecule is O=C(O)C1([AsH2])CCC(c2ccc(Br)cc2)C1. The zero-order valence-electron chi connectivity index (χ0n) is 8.82. The summed E-state index contributed by atoms with van der Waals surface area (Å²) < 4.78 is 0.601. The van der Waals surface area contributed by atoms with Gasteiger partial charge in [-0.15, -0.1) is 0 Å². The van der Waals surface area contributed by atoms with Gasteiger partial charge in [0.2, 0.25) is 0 Å². The molecule has 0 radical (unpaired) electrons. The molecule has 3 unspecified atom stereocenters. The summed E-state index contributed by atoms with van der Waals surface area (Å²) >= 11 is 4.76. The van der Waals surface area contributed by atoms with Crippen LogP contribution in [0.3, 0.4) is 0 Å². The Bertz CT molecular complexity index is 404. The minimum absolute atomic E-state index is 0.413. The molecule has 1 N–H and O–H groups in total. The van der Waals surface area contributed by atoms with Crippen LogP contribution in [0.5, 0.6) is 0 Å². The van der Waals surface area contributed by atoms with Crippen molar-refractivity contribution in [2.75, 3.05) is 0 Å². The van der Waals surface area contributed by atoms with Gasteiger partial charge in [-0.1, -0.05) is 0 Å². The summed E-state index contributed by atoms with van der Waals surface area (Å²) in [6.45, 7) is 0. The van der Waals surface area contributed by atoms with Gasteiger partial charge in [0.15, 0.2) is 0 Å². The van der Waals surface area contributed by atoms with Crippen molar-refractivity contribution in [3.8, 4) is 0 Å². The van der Waals surface area contributed by atoms with E-state index >= 15 is 0 Å². The molecule has 1 aromatic carbocycles. The monoisotopic (exact) mass is 344 g/mol. The number of aliphatic carboxylic acids is 1. The van der Waals surface area contributed by atoms with E-state index in [1.165, 1.54) is 22.4 Å². The molecule has 3 atom stereocenters. The average Bonchev–Trinajstić information content (AvgIpc) is 2.63. The number of rotatable bonds is 2. The topological polar surface area (TPSA) is 37.3 Å². The first kappa shape index (κ1) is 12.2. The van der Waals surface area contributed by atoms with Gasteiger partial charge in [0.25, 0.3) is 0 Å². The Morgan fingerprint density at radius 2 is 2.06 bits per heavy atom. The average molecular weight is 345 g/mol. The zero-order chi connectivity index (χ0) is 11.8. The number of halogens is 1. The second-order valence-corrected chi connectivity index (χ2v) is 7.69. The molecule has 16 heavy (non-hydrogen) atoms. The number of carboxylic acid groups (broad SMARTS) is 1. The first-order chi connectivity index (χ1) is 7.51. The fraction of sp³-hybridized carbons (Fsp3) is 0.417. The molecule has 1 aromatic rings. The van der Waals surface area contributed by atoms with Gasteiger partial charge < -0.3 is 0 Å². The summed E-state index contributed by atoms with van der Waals surface area (Å²) in [4.78, 5) is 11.2. The number of hydrogen-bond acceptors (Lipinski definition) is 1. The van der Waals surface area contributed by atoms with E-state index in [-0.39, 0.29) is 0 Å². The van der Waals surface area contributed by atoms with Crippen LogP contribution in [0, 0.1) is 0 Å². The second kappa shape index (κ2) is 4.54. The summed E-state index contributed by atoms with van der Waals surface area (Å²) in [5.74, 6) is -0.219. The van der Waals surface area contributed by atoms with Crippen molar-refractivity contribution in [2.45, 2.75) is 29.4 Å².